The van der Waals surface area contributed by atoms with E-state index in [0.29, 0.717) is 18.1 Å². The van der Waals surface area contributed by atoms with Gasteiger partial charge in [-0.1, -0.05) is 13.8 Å². The van der Waals surface area contributed by atoms with Gasteiger partial charge >= 0.3 is 0 Å². The molecule has 0 bridgehead atoms. The van der Waals surface area contributed by atoms with Gasteiger partial charge in [0.1, 0.15) is 5.69 Å². The van der Waals surface area contributed by atoms with E-state index in [1.807, 2.05) is 28.5 Å². The fourth-order valence-electron chi connectivity index (χ4n) is 3.36. The second-order valence-corrected chi connectivity index (χ2v) is 7.19. The summed E-state index contributed by atoms with van der Waals surface area (Å²) in [5.74, 6) is 0.160. The minimum absolute atomic E-state index is 0.0355. The molecule has 2 heterocycles. The first kappa shape index (κ1) is 20.4. The Labute approximate surface area is 156 Å². The number of rotatable bonds is 9. The highest BCUT2D eigenvalue weighted by atomic mass is 16.2. The van der Waals surface area contributed by atoms with Crippen LogP contribution in [0.1, 0.15) is 66.3 Å². The highest BCUT2D eigenvalue weighted by Crippen LogP contribution is 2.22. The average Bonchev–Trinajstić information content (AvgIpc) is 3.00. The first-order valence-corrected chi connectivity index (χ1v) is 9.81. The molecular formula is C19H33N5O2. The van der Waals surface area contributed by atoms with Gasteiger partial charge in [-0.25, -0.2) is 4.98 Å². The highest BCUT2D eigenvalue weighted by molar-refractivity contribution is 5.97. The number of imidazole rings is 1. The zero-order valence-corrected chi connectivity index (χ0v) is 16.7. The third-order valence-electron chi connectivity index (χ3n) is 4.64. The number of hydrogen-bond acceptors (Lipinski definition) is 4. The van der Waals surface area contributed by atoms with E-state index in [1.165, 1.54) is 0 Å². The largest absolute Gasteiger partial charge is 0.348 e. The molecule has 1 aromatic heterocycles. The molecule has 0 fully saturated rings. The van der Waals surface area contributed by atoms with Gasteiger partial charge in [0.05, 0.1) is 5.69 Å². The van der Waals surface area contributed by atoms with Crippen molar-refractivity contribution in [2.75, 3.05) is 40.3 Å². The van der Waals surface area contributed by atoms with Crippen LogP contribution >= 0.6 is 0 Å². The predicted molar refractivity (Wildman–Crippen MR) is 103 cm³/mol. The third kappa shape index (κ3) is 4.84. The monoisotopic (exact) mass is 363 g/mol. The van der Waals surface area contributed by atoms with Crippen molar-refractivity contribution in [2.45, 2.75) is 52.5 Å². The van der Waals surface area contributed by atoms with Crippen molar-refractivity contribution >= 4 is 11.8 Å². The van der Waals surface area contributed by atoms with Crippen LogP contribution in [0.3, 0.4) is 0 Å². The summed E-state index contributed by atoms with van der Waals surface area (Å²) < 4.78 is 1.96. The minimum Gasteiger partial charge on any atom is -0.348 e. The second kappa shape index (κ2) is 9.71. The van der Waals surface area contributed by atoms with Gasteiger partial charge in [-0.2, -0.15) is 0 Å². The van der Waals surface area contributed by atoms with Crippen molar-refractivity contribution in [2.24, 2.45) is 0 Å². The van der Waals surface area contributed by atoms with E-state index in [2.05, 4.69) is 24.1 Å². The van der Waals surface area contributed by atoms with E-state index in [-0.39, 0.29) is 11.8 Å². The molecule has 7 nitrogen and oxygen atoms in total. The molecular weight excluding hydrogens is 330 g/mol. The van der Waals surface area contributed by atoms with Crippen LogP contribution in [0.25, 0.3) is 0 Å². The molecule has 7 heteroatoms. The van der Waals surface area contributed by atoms with Gasteiger partial charge < -0.3 is 19.7 Å². The van der Waals surface area contributed by atoms with Crippen LogP contribution in [-0.4, -0.2) is 71.4 Å². The van der Waals surface area contributed by atoms with Crippen LogP contribution < -0.4 is 5.32 Å². The molecule has 0 aliphatic carbocycles. The SMILES string of the molecule is CCCN(CCC)C(=O)c1nc(C(=O)NCCN(C)C)n2c1CCCC2. The summed E-state index contributed by atoms with van der Waals surface area (Å²) in [6.45, 7) is 7.69. The summed E-state index contributed by atoms with van der Waals surface area (Å²) in [6, 6.07) is 0. The molecule has 26 heavy (non-hydrogen) atoms. The number of aromatic nitrogens is 2. The van der Waals surface area contributed by atoms with Gasteiger partial charge in [-0.05, 0) is 46.2 Å². The average molecular weight is 364 g/mol. The van der Waals surface area contributed by atoms with Crippen molar-refractivity contribution in [1.29, 1.82) is 0 Å². The Hall–Kier alpha value is -1.89. The Bertz CT molecular complexity index is 618. The van der Waals surface area contributed by atoms with Crippen LogP contribution in [0.5, 0.6) is 0 Å². The summed E-state index contributed by atoms with van der Waals surface area (Å²) >= 11 is 0. The van der Waals surface area contributed by atoms with Crippen LogP contribution in [0.15, 0.2) is 0 Å². The molecule has 1 N–H and O–H groups in total. The summed E-state index contributed by atoms with van der Waals surface area (Å²) in [7, 11) is 3.94. The lowest BCUT2D eigenvalue weighted by atomic mass is 10.1. The zero-order valence-electron chi connectivity index (χ0n) is 16.7. The smallest absolute Gasteiger partial charge is 0.287 e. The van der Waals surface area contributed by atoms with Gasteiger partial charge in [0, 0.05) is 32.7 Å². The van der Waals surface area contributed by atoms with E-state index in [9.17, 15) is 9.59 Å². The quantitative estimate of drug-likeness (QED) is 0.726. The van der Waals surface area contributed by atoms with Crippen molar-refractivity contribution in [3.8, 4) is 0 Å². The van der Waals surface area contributed by atoms with E-state index < -0.39 is 0 Å². The van der Waals surface area contributed by atoms with E-state index in [4.69, 9.17) is 0 Å². The number of amides is 2. The van der Waals surface area contributed by atoms with Gasteiger partial charge in [-0.15, -0.1) is 0 Å². The molecule has 1 aliphatic rings. The molecule has 0 unspecified atom stereocenters. The number of fused-ring (bicyclic) bond motifs is 1. The maximum Gasteiger partial charge on any atom is 0.287 e. The Morgan fingerprint density at radius 1 is 1.12 bits per heavy atom. The molecule has 0 aromatic carbocycles. The number of likely N-dealkylation sites (N-methyl/N-ethyl adjacent to an activating group) is 1. The van der Waals surface area contributed by atoms with Crippen LogP contribution in [0.4, 0.5) is 0 Å². The normalized spacial score (nSPS) is 13.6. The fourth-order valence-corrected chi connectivity index (χ4v) is 3.36. The molecule has 0 spiro atoms. The maximum atomic E-state index is 13.0. The van der Waals surface area contributed by atoms with Gasteiger partial charge in [0.2, 0.25) is 0 Å². The number of nitrogens with zero attached hydrogens (tertiary/aromatic N) is 4. The molecule has 2 amide bonds. The van der Waals surface area contributed by atoms with E-state index in [0.717, 1.165) is 64.0 Å². The number of hydrogen-bond donors (Lipinski definition) is 1. The molecule has 1 aliphatic heterocycles. The lowest BCUT2D eigenvalue weighted by Crippen LogP contribution is -2.33. The lowest BCUT2D eigenvalue weighted by Gasteiger charge is -2.22. The van der Waals surface area contributed by atoms with Crippen LogP contribution in [0.2, 0.25) is 0 Å². The summed E-state index contributed by atoms with van der Waals surface area (Å²) in [4.78, 5) is 34.1. The number of nitrogens with one attached hydrogen (secondary N) is 1. The van der Waals surface area contributed by atoms with Crippen LogP contribution in [-0.2, 0) is 13.0 Å². The second-order valence-electron chi connectivity index (χ2n) is 7.19. The first-order chi connectivity index (χ1) is 12.5. The summed E-state index contributed by atoms with van der Waals surface area (Å²) in [5.41, 5.74) is 1.40. The predicted octanol–water partition coefficient (Wildman–Crippen LogP) is 1.77. The fraction of sp³-hybridized carbons (Fsp3) is 0.737. The first-order valence-electron chi connectivity index (χ1n) is 9.81. The Morgan fingerprint density at radius 3 is 2.42 bits per heavy atom. The van der Waals surface area contributed by atoms with Crippen molar-refractivity contribution in [3.63, 3.8) is 0 Å². The molecule has 146 valence electrons. The Morgan fingerprint density at radius 2 is 1.81 bits per heavy atom. The van der Waals surface area contributed by atoms with Gasteiger partial charge in [-0.3, -0.25) is 9.59 Å². The van der Waals surface area contributed by atoms with Gasteiger partial charge in [0.25, 0.3) is 11.8 Å². The molecule has 0 saturated heterocycles. The van der Waals surface area contributed by atoms with Crippen molar-refractivity contribution in [3.05, 3.63) is 17.2 Å². The minimum atomic E-state index is -0.188. The zero-order chi connectivity index (χ0) is 19.1. The highest BCUT2D eigenvalue weighted by Gasteiger charge is 2.29. The third-order valence-corrected chi connectivity index (χ3v) is 4.64. The Kier molecular flexibility index (Phi) is 7.63. The Balaban J connectivity index is 2.26. The molecule has 1 aromatic rings. The van der Waals surface area contributed by atoms with E-state index >= 15 is 0 Å². The molecule has 0 saturated carbocycles. The lowest BCUT2D eigenvalue weighted by molar-refractivity contribution is 0.0748. The van der Waals surface area contributed by atoms with Crippen LogP contribution in [0, 0.1) is 0 Å². The van der Waals surface area contributed by atoms with Crippen molar-refractivity contribution in [1.82, 2.24) is 24.7 Å². The van der Waals surface area contributed by atoms with Gasteiger partial charge in [0.15, 0.2) is 5.82 Å². The van der Waals surface area contributed by atoms with E-state index in [1.54, 1.807) is 0 Å². The standard InChI is InChI=1S/C19H33N5O2/c1-5-11-23(12-6-2)19(26)16-15-9-7-8-13-24(15)17(21-16)18(25)20-10-14-22(3)4/h5-14H2,1-4H3,(H,20,25). The molecule has 2 rings (SSSR count). The summed E-state index contributed by atoms with van der Waals surface area (Å²) in [6.07, 6.45) is 4.70. The number of carbonyl (C=O) groups excluding carboxylic acids is 2. The molecule has 0 radical (unpaired) electrons. The maximum absolute atomic E-state index is 13.0. The van der Waals surface area contributed by atoms with Crippen molar-refractivity contribution < 1.29 is 9.59 Å². The summed E-state index contributed by atoms with van der Waals surface area (Å²) in [5, 5.41) is 2.92. The molecule has 0 atom stereocenters. The topological polar surface area (TPSA) is 70.5 Å². The number of carbonyl (C=O) groups is 2.